The summed E-state index contributed by atoms with van der Waals surface area (Å²) < 4.78 is 0. The monoisotopic (exact) mass is 699 g/mol. The third-order valence-electron chi connectivity index (χ3n) is 9.89. The number of hydrogen-bond donors (Lipinski definition) is 1. The van der Waals surface area contributed by atoms with Gasteiger partial charge in [0.25, 0.3) is 0 Å². The van der Waals surface area contributed by atoms with Crippen LogP contribution in [0.1, 0.15) is 66.7 Å². The van der Waals surface area contributed by atoms with Gasteiger partial charge in [-0.2, -0.15) is 0 Å². The maximum Gasteiger partial charge on any atom is 0.0110 e. The van der Waals surface area contributed by atoms with Crippen LogP contribution in [0.2, 0.25) is 0 Å². The minimum absolute atomic E-state index is 1.05. The Hall–Kier alpha value is -0.400. The van der Waals surface area contributed by atoms with Crippen molar-refractivity contribution in [3.63, 3.8) is 0 Å². The van der Waals surface area contributed by atoms with Crippen molar-refractivity contribution in [3.8, 4) is 0 Å². The lowest BCUT2D eigenvalue weighted by Gasteiger charge is -2.32. The van der Waals surface area contributed by atoms with Crippen molar-refractivity contribution in [3.05, 3.63) is 0 Å². The van der Waals surface area contributed by atoms with E-state index in [0.29, 0.717) is 0 Å². The normalized spacial score (nSPS) is 12.7. The van der Waals surface area contributed by atoms with Crippen LogP contribution in [0.25, 0.3) is 0 Å². The van der Waals surface area contributed by atoms with Crippen LogP contribution in [0.3, 0.4) is 0 Å². The molecule has 0 spiro atoms. The molecule has 0 aromatic rings. The van der Waals surface area contributed by atoms with E-state index < -0.39 is 0 Å². The Labute approximate surface area is 308 Å². The minimum atomic E-state index is 1.05. The fraction of sp³-hybridized carbons (Fsp3) is 1.00. The quantitative estimate of drug-likeness (QED) is 0.105. The van der Waals surface area contributed by atoms with Crippen molar-refractivity contribution in [2.24, 2.45) is 0 Å². The average molecular weight is 699 g/mol. The van der Waals surface area contributed by atoms with Gasteiger partial charge in [-0.15, -0.1) is 0 Å². The zero-order chi connectivity index (χ0) is 36.7. The summed E-state index contributed by atoms with van der Waals surface area (Å²) in [5.41, 5.74) is 0. The second-order valence-electron chi connectivity index (χ2n) is 15.0. The van der Waals surface area contributed by atoms with Gasteiger partial charge < -0.3 is 39.6 Å². The molecule has 0 rings (SSSR count). The van der Waals surface area contributed by atoms with Crippen molar-refractivity contribution in [2.45, 2.75) is 66.7 Å². The largest absolute Gasteiger partial charge is 0.318 e. The Bertz CT molecular complexity index is 686. The number of hydrogen-bond acceptors (Lipinski definition) is 10. The molecule has 0 aromatic carbocycles. The van der Waals surface area contributed by atoms with E-state index in [1.165, 1.54) is 91.0 Å². The molecule has 0 saturated heterocycles. The molecule has 10 nitrogen and oxygen atoms in total. The maximum atomic E-state index is 3.29. The van der Waals surface area contributed by atoms with Crippen LogP contribution in [-0.4, -0.2) is 237 Å². The molecule has 0 bridgehead atoms. The Morgan fingerprint density at radius 2 is 0.469 bits per heavy atom. The van der Waals surface area contributed by atoms with Gasteiger partial charge in [0.2, 0.25) is 0 Å². The van der Waals surface area contributed by atoms with Crippen LogP contribution in [0, 0.1) is 0 Å². The summed E-state index contributed by atoms with van der Waals surface area (Å²) in [4.78, 5) is 23.4. The summed E-state index contributed by atoms with van der Waals surface area (Å²) in [6, 6.07) is 0. The smallest absolute Gasteiger partial charge is 0.0110 e. The molecule has 0 heterocycles. The van der Waals surface area contributed by atoms with E-state index in [1.807, 2.05) is 7.05 Å². The Morgan fingerprint density at radius 1 is 0.265 bits per heavy atom. The molecule has 0 amide bonds. The highest BCUT2D eigenvalue weighted by Crippen LogP contribution is 2.02. The number of nitrogens with zero attached hydrogens (tertiary/aromatic N) is 9. The van der Waals surface area contributed by atoms with Gasteiger partial charge in [0.1, 0.15) is 0 Å². The van der Waals surface area contributed by atoms with Gasteiger partial charge in [0.05, 0.1) is 0 Å². The molecule has 10 heteroatoms. The fourth-order valence-electron chi connectivity index (χ4n) is 6.42. The average Bonchev–Trinajstić information content (AvgIpc) is 3.07. The third kappa shape index (κ3) is 28.8. The molecular weight excluding hydrogens is 608 g/mol. The van der Waals surface area contributed by atoms with Crippen LogP contribution >= 0.6 is 0 Å². The number of likely N-dealkylation sites (N-methyl/N-ethyl adjacent to an activating group) is 6. The lowest BCUT2D eigenvalue weighted by Crippen LogP contribution is -2.45. The molecule has 49 heavy (non-hydrogen) atoms. The summed E-state index contributed by atoms with van der Waals surface area (Å²) in [5, 5.41) is 3.29. The van der Waals surface area contributed by atoms with E-state index in [2.05, 4.69) is 119 Å². The number of nitrogens with one attached hydrogen (secondary N) is 1. The fourth-order valence-corrected chi connectivity index (χ4v) is 6.42. The second-order valence-corrected chi connectivity index (χ2v) is 15.0. The summed E-state index contributed by atoms with van der Waals surface area (Å²) in [7, 11) is 13.5. The summed E-state index contributed by atoms with van der Waals surface area (Å²) >= 11 is 0. The minimum Gasteiger partial charge on any atom is -0.318 e. The van der Waals surface area contributed by atoms with E-state index in [4.69, 9.17) is 0 Å². The Kier molecular flexibility index (Phi) is 33.2. The first-order chi connectivity index (χ1) is 23.6. The highest BCUT2D eigenvalue weighted by Gasteiger charge is 2.15. The molecule has 0 aromatic heterocycles. The standard InChI is InChI=1S/C39H90N10/c1-12-18-41(7)24-30-46(21-15-4)36-39-49(33-26-43(9)20-14-3)35-29-45(11)28-31-47(22-16-5)37-38-48(32-25-42(8)19-13-2)34-27-44(10)23-17-40-6/h40H,12-39H2,1-11H3. The highest BCUT2D eigenvalue weighted by molar-refractivity contribution is 4.71. The van der Waals surface area contributed by atoms with Crippen LogP contribution in [-0.2, 0) is 0 Å². The zero-order valence-electron chi connectivity index (χ0n) is 35.3. The zero-order valence-corrected chi connectivity index (χ0v) is 35.3. The molecule has 0 fully saturated rings. The second kappa shape index (κ2) is 33.4. The van der Waals surface area contributed by atoms with Crippen molar-refractivity contribution in [1.82, 2.24) is 49.4 Å². The van der Waals surface area contributed by atoms with Gasteiger partial charge in [0, 0.05) is 118 Å². The molecule has 0 saturated carbocycles. The molecule has 0 aliphatic carbocycles. The highest BCUT2D eigenvalue weighted by atomic mass is 15.3. The SMILES string of the molecule is CCCN(C)CCN(CCC)CCN(CCN(C)CCC)CCN(C)CCN(CCC)CCN(CCN(C)CCC)CCN(C)CCNC. The van der Waals surface area contributed by atoms with E-state index in [0.717, 1.165) is 91.6 Å². The first-order valence-electron chi connectivity index (χ1n) is 20.6. The van der Waals surface area contributed by atoms with Crippen molar-refractivity contribution in [1.29, 1.82) is 0 Å². The first kappa shape index (κ1) is 48.6. The van der Waals surface area contributed by atoms with E-state index in [1.54, 1.807) is 0 Å². The Morgan fingerprint density at radius 3 is 0.714 bits per heavy atom. The van der Waals surface area contributed by atoms with Crippen molar-refractivity contribution in [2.75, 3.05) is 193 Å². The van der Waals surface area contributed by atoms with Crippen molar-refractivity contribution < 1.29 is 0 Å². The van der Waals surface area contributed by atoms with E-state index in [9.17, 15) is 0 Å². The van der Waals surface area contributed by atoms with Gasteiger partial charge in [-0.3, -0.25) is 9.80 Å². The van der Waals surface area contributed by atoms with Gasteiger partial charge >= 0.3 is 0 Å². The molecule has 1 N–H and O–H groups in total. The molecule has 0 aliphatic heterocycles. The third-order valence-corrected chi connectivity index (χ3v) is 9.89. The van der Waals surface area contributed by atoms with Crippen LogP contribution in [0.5, 0.6) is 0 Å². The Balaban J connectivity index is 5.11. The summed E-state index contributed by atoms with van der Waals surface area (Å²) in [6.07, 6.45) is 6.14. The van der Waals surface area contributed by atoms with Gasteiger partial charge in [-0.1, -0.05) is 34.6 Å². The predicted octanol–water partition coefficient (Wildman–Crippen LogP) is 3.12. The lowest BCUT2D eigenvalue weighted by molar-refractivity contribution is 0.148. The van der Waals surface area contributed by atoms with Gasteiger partial charge in [0.15, 0.2) is 0 Å². The van der Waals surface area contributed by atoms with E-state index in [-0.39, 0.29) is 0 Å². The number of rotatable bonds is 37. The molecule has 0 atom stereocenters. The van der Waals surface area contributed by atoms with Crippen molar-refractivity contribution >= 4 is 0 Å². The maximum absolute atomic E-state index is 3.29. The van der Waals surface area contributed by atoms with Crippen LogP contribution < -0.4 is 5.32 Å². The summed E-state index contributed by atoms with van der Waals surface area (Å²) in [6.45, 7) is 38.2. The lowest BCUT2D eigenvalue weighted by atomic mass is 10.3. The van der Waals surface area contributed by atoms with Gasteiger partial charge in [-0.05, 0) is 107 Å². The topological polar surface area (TPSA) is 41.2 Å². The van der Waals surface area contributed by atoms with Crippen LogP contribution in [0.4, 0.5) is 0 Å². The molecule has 296 valence electrons. The molecule has 0 unspecified atom stereocenters. The van der Waals surface area contributed by atoms with Gasteiger partial charge in [-0.25, -0.2) is 0 Å². The molecule has 0 aliphatic rings. The van der Waals surface area contributed by atoms with E-state index >= 15 is 0 Å². The predicted molar refractivity (Wildman–Crippen MR) is 219 cm³/mol. The summed E-state index contributed by atoms with van der Waals surface area (Å²) in [5.74, 6) is 0. The molecule has 0 radical (unpaired) electrons. The van der Waals surface area contributed by atoms with Crippen LogP contribution in [0.15, 0.2) is 0 Å². The first-order valence-corrected chi connectivity index (χ1v) is 20.6. The molecular formula is C39H90N10.